The average Bonchev–Trinajstić information content (AvgIpc) is 3.41. The molecule has 0 aliphatic heterocycles. The molecule has 1 N–H and O–H groups in total. The van der Waals surface area contributed by atoms with Crippen molar-refractivity contribution < 1.29 is 17.1 Å². The maximum Gasteiger partial charge on any atom is 2.00 e. The number of halogens is 2. The predicted octanol–water partition coefficient (Wildman–Crippen LogP) is 6.67. The van der Waals surface area contributed by atoms with Crippen LogP contribution in [0.5, 0.6) is 0 Å². The van der Waals surface area contributed by atoms with Gasteiger partial charge in [0.1, 0.15) is 0 Å². The molecule has 28 heavy (non-hydrogen) atoms. The average molecular weight is 454 g/mol. The minimum atomic E-state index is -0.00598. The van der Waals surface area contributed by atoms with E-state index in [4.69, 9.17) is 23.2 Å². The molecule has 0 radical (unpaired) electrons. The number of allylic oxidation sites excluding steroid dienone is 8. The first-order valence-corrected chi connectivity index (χ1v) is 9.68. The van der Waals surface area contributed by atoms with Crippen LogP contribution in [0.2, 0.25) is 5.02 Å². The zero-order chi connectivity index (χ0) is 18.9. The number of hydrogen-bond donors (Lipinski definition) is 1. The van der Waals surface area contributed by atoms with Gasteiger partial charge in [0.05, 0.1) is 16.6 Å². The molecule has 2 aliphatic carbocycles. The SMILES string of the molecule is C1=CCC=C1.Clc1ccc2c(N/N=C/CC(Cl)C3=CC=CC3)ccnc2c1.[Fe+2]. The molecule has 1 unspecified atom stereocenters. The summed E-state index contributed by atoms with van der Waals surface area (Å²) in [5, 5.41) is 5.90. The van der Waals surface area contributed by atoms with Crippen LogP contribution in [0.15, 0.2) is 83.7 Å². The summed E-state index contributed by atoms with van der Waals surface area (Å²) in [4.78, 5) is 4.30. The Morgan fingerprint density at radius 3 is 2.64 bits per heavy atom. The van der Waals surface area contributed by atoms with E-state index < -0.39 is 0 Å². The van der Waals surface area contributed by atoms with Gasteiger partial charge in [-0.1, -0.05) is 54.1 Å². The number of anilines is 1. The van der Waals surface area contributed by atoms with E-state index in [0.29, 0.717) is 11.4 Å². The van der Waals surface area contributed by atoms with Gasteiger partial charge in [0.25, 0.3) is 0 Å². The molecule has 0 saturated carbocycles. The van der Waals surface area contributed by atoms with Gasteiger partial charge in [-0.3, -0.25) is 10.4 Å². The van der Waals surface area contributed by atoms with E-state index in [2.05, 4.69) is 52.0 Å². The van der Waals surface area contributed by atoms with Crippen molar-refractivity contribution in [2.45, 2.75) is 24.6 Å². The van der Waals surface area contributed by atoms with Crippen molar-refractivity contribution in [2.24, 2.45) is 5.10 Å². The van der Waals surface area contributed by atoms with Crippen LogP contribution in [0.4, 0.5) is 5.69 Å². The van der Waals surface area contributed by atoms with Crippen LogP contribution in [0, 0.1) is 0 Å². The molecule has 3 nitrogen and oxygen atoms in total. The Morgan fingerprint density at radius 2 is 1.96 bits per heavy atom. The van der Waals surface area contributed by atoms with Gasteiger partial charge in [-0.2, -0.15) is 5.10 Å². The van der Waals surface area contributed by atoms with E-state index in [9.17, 15) is 0 Å². The summed E-state index contributed by atoms with van der Waals surface area (Å²) in [6.45, 7) is 0. The molecule has 1 heterocycles. The molecular formula is C22H21Cl2FeN3+2. The van der Waals surface area contributed by atoms with Crippen LogP contribution >= 0.6 is 23.2 Å². The third kappa shape index (κ3) is 6.65. The van der Waals surface area contributed by atoms with Gasteiger partial charge in [-0.15, -0.1) is 11.6 Å². The largest absolute Gasteiger partial charge is 2.00 e. The van der Waals surface area contributed by atoms with Crippen molar-refractivity contribution in [1.82, 2.24) is 4.98 Å². The van der Waals surface area contributed by atoms with E-state index in [1.807, 2.05) is 30.3 Å². The molecule has 4 rings (SSSR count). The smallest absolute Gasteiger partial charge is 0.278 e. The third-order valence-electron chi connectivity index (χ3n) is 4.15. The molecule has 1 aromatic heterocycles. The molecule has 144 valence electrons. The van der Waals surface area contributed by atoms with Gasteiger partial charge in [0, 0.05) is 29.2 Å². The minimum Gasteiger partial charge on any atom is -0.278 e. The van der Waals surface area contributed by atoms with Gasteiger partial charge in [0.2, 0.25) is 0 Å². The monoisotopic (exact) mass is 453 g/mol. The predicted molar refractivity (Wildman–Crippen MR) is 118 cm³/mol. The van der Waals surface area contributed by atoms with Crippen LogP contribution in [0.25, 0.3) is 10.9 Å². The van der Waals surface area contributed by atoms with Crippen LogP contribution in [-0.4, -0.2) is 16.6 Å². The molecule has 0 spiro atoms. The molecule has 2 aromatic rings. The van der Waals surface area contributed by atoms with Crippen molar-refractivity contribution in [3.05, 3.63) is 83.6 Å². The first-order chi connectivity index (χ1) is 13.2. The number of aromatic nitrogens is 1. The number of nitrogens with one attached hydrogen (secondary N) is 1. The zero-order valence-electron chi connectivity index (χ0n) is 15.2. The number of hydrogen-bond acceptors (Lipinski definition) is 3. The summed E-state index contributed by atoms with van der Waals surface area (Å²) in [6, 6.07) is 7.49. The quantitative estimate of drug-likeness (QED) is 0.237. The summed E-state index contributed by atoms with van der Waals surface area (Å²) in [6.07, 6.45) is 20.9. The van der Waals surface area contributed by atoms with Gasteiger partial charge in [-0.25, -0.2) is 0 Å². The summed E-state index contributed by atoms with van der Waals surface area (Å²) in [7, 11) is 0. The van der Waals surface area contributed by atoms with Crippen molar-refractivity contribution >= 4 is 46.0 Å². The molecule has 0 amide bonds. The maximum absolute atomic E-state index is 6.33. The Hall–Kier alpha value is -1.84. The molecule has 0 fully saturated rings. The Bertz CT molecular complexity index is 923. The number of nitrogens with zero attached hydrogens (tertiary/aromatic N) is 2. The first-order valence-electron chi connectivity index (χ1n) is 8.87. The van der Waals surface area contributed by atoms with Crippen molar-refractivity contribution in [3.63, 3.8) is 0 Å². The number of benzene rings is 1. The number of hydrazone groups is 1. The Labute approximate surface area is 186 Å². The Morgan fingerprint density at radius 1 is 1.14 bits per heavy atom. The fourth-order valence-corrected chi connectivity index (χ4v) is 3.13. The molecule has 0 saturated heterocycles. The van der Waals surface area contributed by atoms with E-state index in [-0.39, 0.29) is 22.4 Å². The summed E-state index contributed by atoms with van der Waals surface area (Å²) < 4.78 is 0. The Balaban J connectivity index is 0.000000408. The second kappa shape index (κ2) is 11.9. The number of rotatable bonds is 5. The molecule has 2 aliphatic rings. The molecular weight excluding hydrogens is 433 g/mol. The minimum absolute atomic E-state index is 0. The Kier molecular flexibility index (Phi) is 9.52. The molecule has 1 atom stereocenters. The topological polar surface area (TPSA) is 37.3 Å². The summed E-state index contributed by atoms with van der Waals surface area (Å²) >= 11 is 12.3. The first kappa shape index (κ1) is 22.4. The van der Waals surface area contributed by atoms with E-state index >= 15 is 0 Å². The number of pyridine rings is 1. The van der Waals surface area contributed by atoms with Gasteiger partial charge in [-0.05, 0) is 42.7 Å². The van der Waals surface area contributed by atoms with Crippen molar-refractivity contribution in [2.75, 3.05) is 5.43 Å². The van der Waals surface area contributed by atoms with E-state index in [0.717, 1.165) is 29.4 Å². The van der Waals surface area contributed by atoms with Crippen LogP contribution in [0.3, 0.4) is 0 Å². The molecule has 1 aromatic carbocycles. The third-order valence-corrected chi connectivity index (χ3v) is 4.84. The summed E-state index contributed by atoms with van der Waals surface area (Å²) in [5.41, 5.74) is 6.01. The number of fused-ring (bicyclic) bond motifs is 1. The normalized spacial score (nSPS) is 15.3. The molecule has 0 bridgehead atoms. The van der Waals surface area contributed by atoms with Crippen LogP contribution < -0.4 is 5.43 Å². The van der Waals surface area contributed by atoms with E-state index in [1.165, 1.54) is 5.57 Å². The second-order valence-corrected chi connectivity index (χ2v) is 7.08. The van der Waals surface area contributed by atoms with Crippen LogP contribution in [-0.2, 0) is 17.1 Å². The maximum atomic E-state index is 6.33. The van der Waals surface area contributed by atoms with Gasteiger partial charge < -0.3 is 0 Å². The fourth-order valence-electron chi connectivity index (χ4n) is 2.72. The second-order valence-electron chi connectivity index (χ2n) is 6.11. The standard InChI is InChI=1S/C17H15Cl2N3.C5H6.Fe/c18-13-5-6-14-16(8-9-20-17(14)11-13)22-21-10-7-15(19)12-3-1-2-4-12;1-2-4-5-3-1;/h1-3,5-6,8-11,15H,4,7H2,(H,20,22);1-4H,5H2;/q;;+2/b21-10+;;. The van der Waals surface area contributed by atoms with Crippen molar-refractivity contribution in [1.29, 1.82) is 0 Å². The number of alkyl halides is 1. The van der Waals surface area contributed by atoms with Crippen molar-refractivity contribution in [3.8, 4) is 0 Å². The van der Waals surface area contributed by atoms with Gasteiger partial charge in [0.15, 0.2) is 0 Å². The van der Waals surface area contributed by atoms with Gasteiger partial charge >= 0.3 is 17.1 Å². The molecule has 6 heteroatoms. The fraction of sp³-hybridized carbons (Fsp3) is 0.182. The summed E-state index contributed by atoms with van der Waals surface area (Å²) in [5.74, 6) is 0. The van der Waals surface area contributed by atoms with Crippen LogP contribution in [0.1, 0.15) is 19.3 Å². The van der Waals surface area contributed by atoms with E-state index in [1.54, 1.807) is 12.4 Å². The zero-order valence-corrected chi connectivity index (χ0v) is 17.8.